The van der Waals surface area contributed by atoms with Gasteiger partial charge in [-0.05, 0) is 13.8 Å². The van der Waals surface area contributed by atoms with Crippen molar-refractivity contribution in [2.45, 2.75) is 32.9 Å². The second-order valence-corrected chi connectivity index (χ2v) is 5.94. The molecule has 118 valence electrons. The number of hydrogen-bond acceptors (Lipinski definition) is 6. The Labute approximate surface area is 131 Å². The van der Waals surface area contributed by atoms with E-state index in [2.05, 4.69) is 15.3 Å². The van der Waals surface area contributed by atoms with Crippen molar-refractivity contribution in [3.8, 4) is 0 Å². The molecule has 1 N–H and O–H groups in total. The van der Waals surface area contributed by atoms with Crippen LogP contribution in [-0.4, -0.2) is 54.4 Å². The van der Waals surface area contributed by atoms with E-state index in [1.54, 1.807) is 22.4 Å². The molecule has 8 nitrogen and oxygen atoms in total. The Kier molecular flexibility index (Phi) is 5.21. The summed E-state index contributed by atoms with van der Waals surface area (Å²) in [6.07, 6.45) is 3.68. The highest BCUT2D eigenvalue weighted by Crippen LogP contribution is 2.08. The van der Waals surface area contributed by atoms with Crippen molar-refractivity contribution in [1.29, 1.82) is 0 Å². The summed E-state index contributed by atoms with van der Waals surface area (Å²) < 4.78 is 1.24. The van der Waals surface area contributed by atoms with E-state index in [0.29, 0.717) is 13.0 Å². The normalized spacial score (nSPS) is 10.9. The van der Waals surface area contributed by atoms with Crippen molar-refractivity contribution in [3.63, 3.8) is 0 Å². The quantitative estimate of drug-likeness (QED) is 0.813. The number of carbonyl (C=O) groups is 2. The minimum Gasteiger partial charge on any atom is -0.476 e. The first kappa shape index (κ1) is 16.1. The third-order valence-electron chi connectivity index (χ3n) is 3.05. The Morgan fingerprint density at radius 1 is 1.45 bits per heavy atom. The maximum absolute atomic E-state index is 12.4. The van der Waals surface area contributed by atoms with Crippen LogP contribution in [0.1, 0.15) is 29.3 Å². The summed E-state index contributed by atoms with van der Waals surface area (Å²) in [5, 5.41) is 18.8. The van der Waals surface area contributed by atoms with Gasteiger partial charge in [0.1, 0.15) is 6.54 Å². The number of nitrogens with zero attached hydrogens (tertiary/aromatic N) is 5. The highest BCUT2D eigenvalue weighted by molar-refractivity contribution is 7.09. The first-order valence-electron chi connectivity index (χ1n) is 6.78. The zero-order valence-corrected chi connectivity index (χ0v) is 13.2. The van der Waals surface area contributed by atoms with Crippen LogP contribution in [0.25, 0.3) is 0 Å². The molecule has 0 spiro atoms. The van der Waals surface area contributed by atoms with Crippen molar-refractivity contribution in [2.75, 3.05) is 6.54 Å². The van der Waals surface area contributed by atoms with Gasteiger partial charge in [0.2, 0.25) is 5.91 Å². The summed E-state index contributed by atoms with van der Waals surface area (Å²) in [5.74, 6) is -1.29. The first-order chi connectivity index (χ1) is 10.5. The van der Waals surface area contributed by atoms with E-state index in [-0.39, 0.29) is 24.2 Å². The molecular weight excluding hydrogens is 306 g/mol. The van der Waals surface area contributed by atoms with Gasteiger partial charge in [-0.2, -0.15) is 0 Å². The van der Waals surface area contributed by atoms with Crippen LogP contribution in [0.2, 0.25) is 0 Å². The van der Waals surface area contributed by atoms with Gasteiger partial charge in [0.25, 0.3) is 0 Å². The number of thiazole rings is 1. The topological polar surface area (TPSA) is 101 Å². The van der Waals surface area contributed by atoms with Crippen molar-refractivity contribution in [1.82, 2.24) is 24.9 Å². The Morgan fingerprint density at radius 3 is 2.77 bits per heavy atom. The van der Waals surface area contributed by atoms with Crippen molar-refractivity contribution >= 4 is 23.2 Å². The largest absolute Gasteiger partial charge is 0.476 e. The fourth-order valence-corrected chi connectivity index (χ4v) is 2.58. The molecule has 1 amide bonds. The third kappa shape index (κ3) is 4.10. The van der Waals surface area contributed by atoms with Crippen LogP contribution in [0.5, 0.6) is 0 Å². The van der Waals surface area contributed by atoms with Crippen molar-refractivity contribution in [2.24, 2.45) is 0 Å². The van der Waals surface area contributed by atoms with Crippen LogP contribution in [0.3, 0.4) is 0 Å². The van der Waals surface area contributed by atoms with E-state index < -0.39 is 5.97 Å². The minimum atomic E-state index is -1.16. The molecule has 2 aromatic rings. The Bertz CT molecular complexity index is 638. The van der Waals surface area contributed by atoms with Crippen LogP contribution in [0.15, 0.2) is 17.8 Å². The number of amides is 1. The lowest BCUT2D eigenvalue weighted by molar-refractivity contribution is -0.133. The first-order valence-corrected chi connectivity index (χ1v) is 7.66. The summed E-state index contributed by atoms with van der Waals surface area (Å²) in [7, 11) is 0. The number of rotatable bonds is 7. The zero-order chi connectivity index (χ0) is 16.1. The molecule has 0 aliphatic heterocycles. The summed E-state index contributed by atoms with van der Waals surface area (Å²) >= 11 is 1.56. The third-order valence-corrected chi connectivity index (χ3v) is 3.89. The van der Waals surface area contributed by atoms with E-state index in [4.69, 9.17) is 5.11 Å². The summed E-state index contributed by atoms with van der Waals surface area (Å²) in [5.41, 5.74) is -0.174. The van der Waals surface area contributed by atoms with Crippen LogP contribution >= 0.6 is 11.3 Å². The van der Waals surface area contributed by atoms with Gasteiger partial charge >= 0.3 is 5.97 Å². The number of carbonyl (C=O) groups excluding carboxylic acids is 1. The maximum atomic E-state index is 12.4. The van der Waals surface area contributed by atoms with Gasteiger partial charge in [-0.25, -0.2) is 14.5 Å². The number of carboxylic acid groups (broad SMARTS) is 1. The van der Waals surface area contributed by atoms with E-state index >= 15 is 0 Å². The molecule has 0 aliphatic rings. The smallest absolute Gasteiger partial charge is 0.358 e. The predicted octanol–water partition coefficient (Wildman–Crippen LogP) is 0.913. The molecule has 0 aliphatic carbocycles. The lowest BCUT2D eigenvalue weighted by atomic mass is 10.2. The van der Waals surface area contributed by atoms with E-state index in [9.17, 15) is 9.59 Å². The van der Waals surface area contributed by atoms with Crippen LogP contribution in [0, 0.1) is 0 Å². The SMILES string of the molecule is CC(C)N(CCc1nccs1)C(=O)Cn1cc(C(=O)O)nn1. The molecule has 0 saturated heterocycles. The van der Waals surface area contributed by atoms with E-state index in [1.165, 1.54) is 10.9 Å². The van der Waals surface area contributed by atoms with Gasteiger partial charge in [0.15, 0.2) is 5.69 Å². The van der Waals surface area contributed by atoms with E-state index in [1.807, 2.05) is 19.2 Å². The standard InChI is InChI=1S/C13H17N5O3S/c1-9(2)18(5-3-11-14-4-6-22-11)12(19)8-17-7-10(13(20)21)15-16-17/h4,6-7,9H,3,5,8H2,1-2H3,(H,20,21). The average Bonchev–Trinajstić information content (AvgIpc) is 3.09. The Balaban J connectivity index is 1.97. The number of hydrogen-bond donors (Lipinski definition) is 1. The minimum absolute atomic E-state index is 0.0314. The highest BCUT2D eigenvalue weighted by Gasteiger charge is 2.19. The highest BCUT2D eigenvalue weighted by atomic mass is 32.1. The van der Waals surface area contributed by atoms with Gasteiger partial charge in [0.05, 0.1) is 11.2 Å². The van der Waals surface area contributed by atoms with Crippen LogP contribution < -0.4 is 0 Å². The van der Waals surface area contributed by atoms with Crippen LogP contribution in [0.4, 0.5) is 0 Å². The van der Waals surface area contributed by atoms with Gasteiger partial charge in [-0.1, -0.05) is 5.21 Å². The monoisotopic (exact) mass is 323 g/mol. The van der Waals surface area contributed by atoms with Gasteiger partial charge in [-0.3, -0.25) is 4.79 Å². The molecule has 0 unspecified atom stereocenters. The summed E-state index contributed by atoms with van der Waals surface area (Å²) in [6, 6.07) is 0.0370. The van der Waals surface area contributed by atoms with Crippen molar-refractivity contribution in [3.05, 3.63) is 28.5 Å². The molecule has 0 fully saturated rings. The average molecular weight is 323 g/mol. The zero-order valence-electron chi connectivity index (χ0n) is 12.3. The molecule has 0 aromatic carbocycles. The lowest BCUT2D eigenvalue weighted by Gasteiger charge is -2.26. The predicted molar refractivity (Wildman–Crippen MR) is 79.6 cm³/mol. The fraction of sp³-hybridized carbons (Fsp3) is 0.462. The summed E-state index contributed by atoms with van der Waals surface area (Å²) in [6.45, 7) is 4.40. The van der Waals surface area contributed by atoms with Gasteiger partial charge in [-0.15, -0.1) is 16.4 Å². The maximum Gasteiger partial charge on any atom is 0.358 e. The molecule has 2 heterocycles. The molecule has 2 aromatic heterocycles. The number of carboxylic acids is 1. The number of aromatic nitrogens is 4. The molecule has 0 atom stereocenters. The molecule has 0 saturated carbocycles. The van der Waals surface area contributed by atoms with Gasteiger partial charge < -0.3 is 10.0 Å². The fourth-order valence-electron chi connectivity index (χ4n) is 1.97. The Hall–Kier alpha value is -2.29. The molecule has 22 heavy (non-hydrogen) atoms. The molecule has 0 radical (unpaired) electrons. The van der Waals surface area contributed by atoms with Gasteiger partial charge in [0, 0.05) is 30.6 Å². The molecule has 9 heteroatoms. The summed E-state index contributed by atoms with van der Waals surface area (Å²) in [4.78, 5) is 29.1. The molecule has 2 rings (SSSR count). The second-order valence-electron chi connectivity index (χ2n) is 4.96. The Morgan fingerprint density at radius 2 is 2.23 bits per heavy atom. The van der Waals surface area contributed by atoms with Crippen LogP contribution in [-0.2, 0) is 17.8 Å². The molecule has 0 bridgehead atoms. The number of aromatic carboxylic acids is 1. The van der Waals surface area contributed by atoms with E-state index in [0.717, 1.165) is 5.01 Å². The lowest BCUT2D eigenvalue weighted by Crippen LogP contribution is -2.40. The molecular formula is C13H17N5O3S. The van der Waals surface area contributed by atoms with Crippen molar-refractivity contribution < 1.29 is 14.7 Å². The second kappa shape index (κ2) is 7.12.